The van der Waals surface area contributed by atoms with E-state index in [1.807, 2.05) is 0 Å². The summed E-state index contributed by atoms with van der Waals surface area (Å²) in [5.74, 6) is -0.0415. The molecule has 0 aromatic carbocycles. The minimum absolute atomic E-state index is 0.0415. The van der Waals surface area contributed by atoms with E-state index in [9.17, 15) is 15.0 Å². The number of carbonyl (C=O) groups is 1. The number of nitrogens with one attached hydrogen (secondary N) is 1. The van der Waals surface area contributed by atoms with Crippen molar-refractivity contribution in [1.82, 2.24) is 5.32 Å². The monoisotopic (exact) mass is 804 g/mol. The highest BCUT2D eigenvalue weighted by atomic mass is 16.3. The van der Waals surface area contributed by atoms with Gasteiger partial charge in [0.1, 0.15) is 0 Å². The predicted octanol–water partition coefficient (Wildman–Crippen LogP) is 15.8. The van der Waals surface area contributed by atoms with Crippen LogP contribution in [0.25, 0.3) is 0 Å². The molecule has 0 spiro atoms. The number of unbranched alkanes of at least 4 members (excludes halogenated alkanes) is 20. The Hall–Kier alpha value is -2.69. The molecule has 0 rings (SSSR count). The Morgan fingerprint density at radius 2 is 0.759 bits per heavy atom. The summed E-state index contributed by atoms with van der Waals surface area (Å²) in [4.78, 5) is 12.4. The number of allylic oxidation sites excluding steroid dienone is 16. The number of amides is 1. The van der Waals surface area contributed by atoms with Crippen LogP contribution in [0.15, 0.2) is 97.2 Å². The van der Waals surface area contributed by atoms with Gasteiger partial charge in [0.15, 0.2) is 0 Å². The molecule has 0 fully saturated rings. The Kier molecular flexibility index (Phi) is 46.4. The molecule has 4 heteroatoms. The number of hydrogen-bond donors (Lipinski definition) is 3. The first kappa shape index (κ1) is 55.3. The third-order valence-corrected chi connectivity index (χ3v) is 10.6. The minimum atomic E-state index is -0.665. The van der Waals surface area contributed by atoms with Gasteiger partial charge in [0, 0.05) is 6.42 Å². The molecule has 2 unspecified atom stereocenters. The third kappa shape index (κ3) is 44.4. The molecular formula is C54H93NO3. The standard InChI is InChI=1S/C54H93NO3/c1-3-5-7-9-11-13-15-16-17-18-19-20-21-22-23-24-25-26-27-28-29-30-31-32-33-34-35-36-37-38-40-42-44-46-48-50-54(58)55-52(51-56)53(57)49-47-45-43-41-39-14-12-10-8-6-4-2/h5,7,11,13,16-17,19-20,22-23,25-26,28-29,31-32,52-53,56-57H,3-4,6,8-10,12,14-15,18,21,24,27,30,33-51H2,1-2H3,(H,55,58)/b7-5-,13-11-,17-16-,20-19-,23-22-,26-25-,29-28-,32-31-. The van der Waals surface area contributed by atoms with E-state index in [4.69, 9.17) is 0 Å². The SMILES string of the molecule is CC/C=C\C/C=C\C/C=C\C/C=C\C/C=C\C/C=C\C/C=C\C/C=C\CCCCCCCCCCCCC(=O)NC(CO)C(O)CCCCCCCCCCCCC. The molecule has 58 heavy (non-hydrogen) atoms. The fraction of sp³-hybridized carbons (Fsp3) is 0.685. The maximum atomic E-state index is 12.4. The topological polar surface area (TPSA) is 69.6 Å². The van der Waals surface area contributed by atoms with Gasteiger partial charge in [-0.1, -0.05) is 233 Å². The number of aliphatic hydroxyl groups is 2. The van der Waals surface area contributed by atoms with E-state index in [-0.39, 0.29) is 12.5 Å². The lowest BCUT2D eigenvalue weighted by Crippen LogP contribution is -2.45. The molecule has 3 N–H and O–H groups in total. The van der Waals surface area contributed by atoms with E-state index in [1.54, 1.807) is 0 Å². The normalized spacial score (nSPS) is 13.8. The smallest absolute Gasteiger partial charge is 0.220 e. The van der Waals surface area contributed by atoms with Crippen LogP contribution in [-0.4, -0.2) is 34.9 Å². The Morgan fingerprint density at radius 3 is 1.14 bits per heavy atom. The number of rotatable bonds is 43. The molecule has 0 saturated heterocycles. The van der Waals surface area contributed by atoms with Crippen LogP contribution in [0.4, 0.5) is 0 Å². The molecule has 0 bridgehead atoms. The van der Waals surface area contributed by atoms with Gasteiger partial charge in [0.05, 0.1) is 18.8 Å². The molecule has 0 radical (unpaired) electrons. The van der Waals surface area contributed by atoms with Crippen LogP contribution in [-0.2, 0) is 4.79 Å². The summed E-state index contributed by atoms with van der Waals surface area (Å²) in [6.45, 7) is 4.22. The van der Waals surface area contributed by atoms with E-state index in [0.717, 1.165) is 77.0 Å². The number of carbonyl (C=O) groups excluding carboxylic acids is 1. The summed E-state index contributed by atoms with van der Waals surface area (Å²) in [5, 5.41) is 23.1. The Balaban J connectivity index is 3.57. The predicted molar refractivity (Wildman–Crippen MR) is 257 cm³/mol. The molecule has 1 amide bonds. The van der Waals surface area contributed by atoms with Crippen LogP contribution < -0.4 is 5.32 Å². The highest BCUT2D eigenvalue weighted by Crippen LogP contribution is 2.15. The maximum Gasteiger partial charge on any atom is 0.220 e. The second-order valence-electron chi connectivity index (χ2n) is 16.2. The van der Waals surface area contributed by atoms with Crippen LogP contribution in [0.1, 0.15) is 219 Å². The molecule has 4 nitrogen and oxygen atoms in total. The van der Waals surface area contributed by atoms with Crippen molar-refractivity contribution in [2.45, 2.75) is 231 Å². The molecule has 0 saturated carbocycles. The molecule has 0 aliphatic heterocycles. The van der Waals surface area contributed by atoms with Gasteiger partial charge < -0.3 is 15.5 Å². The molecule has 0 aromatic heterocycles. The lowest BCUT2D eigenvalue weighted by Gasteiger charge is -2.22. The largest absolute Gasteiger partial charge is 0.394 e. The zero-order valence-electron chi connectivity index (χ0n) is 38.0. The molecule has 2 atom stereocenters. The van der Waals surface area contributed by atoms with Gasteiger partial charge in [-0.05, 0) is 77.0 Å². The van der Waals surface area contributed by atoms with Crippen LogP contribution in [0.3, 0.4) is 0 Å². The quantitative estimate of drug-likeness (QED) is 0.0425. The van der Waals surface area contributed by atoms with Crippen molar-refractivity contribution in [3.05, 3.63) is 97.2 Å². The second kappa shape index (κ2) is 48.7. The fourth-order valence-electron chi connectivity index (χ4n) is 6.90. The summed E-state index contributed by atoms with van der Waals surface area (Å²) in [7, 11) is 0. The van der Waals surface area contributed by atoms with Crippen molar-refractivity contribution < 1.29 is 15.0 Å². The highest BCUT2D eigenvalue weighted by molar-refractivity contribution is 5.76. The van der Waals surface area contributed by atoms with Crippen LogP contribution in [0.2, 0.25) is 0 Å². The van der Waals surface area contributed by atoms with E-state index >= 15 is 0 Å². The summed E-state index contributed by atoms with van der Waals surface area (Å²) in [6.07, 6.45) is 72.2. The molecule has 0 aliphatic carbocycles. The number of hydrogen-bond acceptors (Lipinski definition) is 3. The first-order valence-electron chi connectivity index (χ1n) is 24.4. The third-order valence-electron chi connectivity index (χ3n) is 10.6. The van der Waals surface area contributed by atoms with Gasteiger partial charge in [-0.15, -0.1) is 0 Å². The van der Waals surface area contributed by atoms with Crippen LogP contribution in [0.5, 0.6) is 0 Å². The van der Waals surface area contributed by atoms with Gasteiger partial charge in [-0.2, -0.15) is 0 Å². The highest BCUT2D eigenvalue weighted by Gasteiger charge is 2.20. The molecule has 332 valence electrons. The van der Waals surface area contributed by atoms with Gasteiger partial charge >= 0.3 is 0 Å². The Bertz CT molecular complexity index is 1090. The Labute approximate surface area is 360 Å². The maximum absolute atomic E-state index is 12.4. The van der Waals surface area contributed by atoms with Crippen LogP contribution >= 0.6 is 0 Å². The zero-order valence-corrected chi connectivity index (χ0v) is 38.0. The van der Waals surface area contributed by atoms with Gasteiger partial charge in [-0.3, -0.25) is 4.79 Å². The molecule has 0 aromatic rings. The number of aliphatic hydroxyl groups excluding tert-OH is 2. The van der Waals surface area contributed by atoms with E-state index in [2.05, 4.69) is 116 Å². The van der Waals surface area contributed by atoms with E-state index < -0.39 is 12.1 Å². The molecular weight excluding hydrogens is 711 g/mol. The van der Waals surface area contributed by atoms with E-state index in [1.165, 1.54) is 116 Å². The van der Waals surface area contributed by atoms with Crippen molar-refractivity contribution in [2.75, 3.05) is 6.61 Å². The average Bonchev–Trinajstić information content (AvgIpc) is 3.23. The first-order chi connectivity index (χ1) is 28.7. The summed E-state index contributed by atoms with van der Waals surface area (Å²) < 4.78 is 0. The fourth-order valence-corrected chi connectivity index (χ4v) is 6.90. The zero-order chi connectivity index (χ0) is 42.1. The first-order valence-corrected chi connectivity index (χ1v) is 24.4. The van der Waals surface area contributed by atoms with Crippen molar-refractivity contribution in [2.24, 2.45) is 0 Å². The molecule has 0 aliphatic rings. The van der Waals surface area contributed by atoms with Crippen molar-refractivity contribution >= 4 is 5.91 Å². The van der Waals surface area contributed by atoms with Gasteiger partial charge in [0.2, 0.25) is 5.91 Å². The summed E-state index contributed by atoms with van der Waals surface area (Å²) in [6, 6.07) is -0.543. The summed E-state index contributed by atoms with van der Waals surface area (Å²) >= 11 is 0. The van der Waals surface area contributed by atoms with Crippen molar-refractivity contribution in [3.8, 4) is 0 Å². The lowest BCUT2D eigenvalue weighted by molar-refractivity contribution is -0.123. The Morgan fingerprint density at radius 1 is 0.431 bits per heavy atom. The van der Waals surface area contributed by atoms with Gasteiger partial charge in [0.25, 0.3) is 0 Å². The van der Waals surface area contributed by atoms with Crippen molar-refractivity contribution in [3.63, 3.8) is 0 Å². The van der Waals surface area contributed by atoms with Crippen LogP contribution in [0, 0.1) is 0 Å². The average molecular weight is 804 g/mol. The van der Waals surface area contributed by atoms with E-state index in [0.29, 0.717) is 12.8 Å². The molecule has 0 heterocycles. The second-order valence-corrected chi connectivity index (χ2v) is 16.2. The summed E-state index contributed by atoms with van der Waals surface area (Å²) in [5.41, 5.74) is 0. The lowest BCUT2D eigenvalue weighted by atomic mass is 10.0. The van der Waals surface area contributed by atoms with Gasteiger partial charge in [-0.25, -0.2) is 0 Å². The minimum Gasteiger partial charge on any atom is -0.394 e. The van der Waals surface area contributed by atoms with Crippen molar-refractivity contribution in [1.29, 1.82) is 0 Å².